The van der Waals surface area contributed by atoms with Crippen molar-refractivity contribution in [1.82, 2.24) is 0 Å². The Hall–Kier alpha value is -0.870. The zero-order chi connectivity index (χ0) is 11.7. The molecule has 1 heterocycles. The van der Waals surface area contributed by atoms with Crippen molar-refractivity contribution in [3.05, 3.63) is 56.4 Å². The smallest absolute Gasteiger partial charge is 0.228 e. The fraction of sp³-hybridized carbons (Fsp3) is 0.0833. The number of aryl methyl sites for hydroxylation is 1. The second-order valence-electron chi connectivity index (χ2n) is 3.39. The molecule has 0 bridgehead atoms. The Bertz CT molecular complexity index is 544. The summed E-state index contributed by atoms with van der Waals surface area (Å²) in [4.78, 5) is 12.1. The highest BCUT2D eigenvalue weighted by atomic mass is 79.9. The molecule has 2 nitrogen and oxygen atoms in total. The molecular weight excluding hydrogens is 336 g/mol. The van der Waals surface area contributed by atoms with Gasteiger partial charge in [0.1, 0.15) is 0 Å². The first-order chi connectivity index (χ1) is 7.58. The summed E-state index contributed by atoms with van der Waals surface area (Å²) in [5.41, 5.74) is 1.58. The van der Waals surface area contributed by atoms with E-state index >= 15 is 0 Å². The van der Waals surface area contributed by atoms with E-state index < -0.39 is 0 Å². The Kier molecular flexibility index (Phi) is 3.30. The molecule has 0 spiro atoms. The summed E-state index contributed by atoms with van der Waals surface area (Å²) in [5.74, 6) is 0.234. The third-order valence-electron chi connectivity index (χ3n) is 2.24. The molecule has 0 saturated heterocycles. The third-order valence-corrected chi connectivity index (χ3v) is 3.16. The van der Waals surface area contributed by atoms with Gasteiger partial charge in [0.25, 0.3) is 0 Å². The third kappa shape index (κ3) is 2.28. The number of halogens is 2. The number of hydrogen-bond acceptors (Lipinski definition) is 2. The molecule has 2 rings (SSSR count). The van der Waals surface area contributed by atoms with Gasteiger partial charge in [0.2, 0.25) is 5.78 Å². The Morgan fingerprint density at radius 3 is 2.56 bits per heavy atom. The SMILES string of the molecule is Cc1ccc(Br)cc1C(=O)c1ccc(Br)o1. The lowest BCUT2D eigenvalue weighted by atomic mass is 10.0. The fourth-order valence-electron chi connectivity index (χ4n) is 1.41. The van der Waals surface area contributed by atoms with Gasteiger partial charge in [-0.25, -0.2) is 0 Å². The van der Waals surface area contributed by atoms with Crippen LogP contribution in [0.3, 0.4) is 0 Å². The van der Waals surface area contributed by atoms with Crippen LogP contribution in [-0.4, -0.2) is 5.78 Å². The van der Waals surface area contributed by atoms with E-state index in [9.17, 15) is 4.79 Å². The molecule has 82 valence electrons. The predicted octanol–water partition coefficient (Wildman–Crippen LogP) is 4.34. The van der Waals surface area contributed by atoms with E-state index in [2.05, 4.69) is 31.9 Å². The van der Waals surface area contributed by atoms with Gasteiger partial charge in [0.15, 0.2) is 10.4 Å². The van der Waals surface area contributed by atoms with Gasteiger partial charge in [-0.1, -0.05) is 22.0 Å². The van der Waals surface area contributed by atoms with Crippen molar-refractivity contribution in [2.24, 2.45) is 0 Å². The van der Waals surface area contributed by atoms with E-state index in [1.54, 1.807) is 18.2 Å². The molecule has 0 atom stereocenters. The first-order valence-corrected chi connectivity index (χ1v) is 6.23. The lowest BCUT2D eigenvalue weighted by Crippen LogP contribution is -2.02. The topological polar surface area (TPSA) is 30.2 Å². The van der Waals surface area contributed by atoms with Gasteiger partial charge in [0, 0.05) is 10.0 Å². The second-order valence-corrected chi connectivity index (χ2v) is 5.09. The maximum atomic E-state index is 12.1. The maximum Gasteiger partial charge on any atom is 0.228 e. The zero-order valence-corrected chi connectivity index (χ0v) is 11.6. The highest BCUT2D eigenvalue weighted by Crippen LogP contribution is 2.22. The minimum Gasteiger partial charge on any atom is -0.446 e. The van der Waals surface area contributed by atoms with Crippen molar-refractivity contribution in [3.63, 3.8) is 0 Å². The number of carbonyl (C=O) groups is 1. The highest BCUT2D eigenvalue weighted by molar-refractivity contribution is 9.10. The molecule has 0 amide bonds. The van der Waals surface area contributed by atoms with Crippen LogP contribution in [0.1, 0.15) is 21.7 Å². The first-order valence-electron chi connectivity index (χ1n) is 4.64. The highest BCUT2D eigenvalue weighted by Gasteiger charge is 2.15. The maximum absolute atomic E-state index is 12.1. The van der Waals surface area contributed by atoms with Gasteiger partial charge in [-0.2, -0.15) is 0 Å². The van der Waals surface area contributed by atoms with E-state index in [0.29, 0.717) is 16.0 Å². The summed E-state index contributed by atoms with van der Waals surface area (Å²) in [6.45, 7) is 1.90. The lowest BCUT2D eigenvalue weighted by Gasteiger charge is -2.03. The molecule has 0 unspecified atom stereocenters. The molecule has 0 saturated carbocycles. The average Bonchev–Trinajstić information content (AvgIpc) is 2.67. The van der Waals surface area contributed by atoms with Crippen molar-refractivity contribution in [2.45, 2.75) is 6.92 Å². The number of furan rings is 1. The molecule has 16 heavy (non-hydrogen) atoms. The van der Waals surface area contributed by atoms with Gasteiger partial charge < -0.3 is 4.42 Å². The van der Waals surface area contributed by atoms with Crippen molar-refractivity contribution in [3.8, 4) is 0 Å². The van der Waals surface area contributed by atoms with Crippen molar-refractivity contribution in [2.75, 3.05) is 0 Å². The van der Waals surface area contributed by atoms with E-state index in [1.165, 1.54) is 0 Å². The second kappa shape index (κ2) is 4.55. The largest absolute Gasteiger partial charge is 0.446 e. The lowest BCUT2D eigenvalue weighted by molar-refractivity contribution is 0.101. The molecule has 0 aliphatic carbocycles. The van der Waals surface area contributed by atoms with E-state index in [-0.39, 0.29) is 5.78 Å². The van der Waals surface area contributed by atoms with Gasteiger partial charge >= 0.3 is 0 Å². The number of benzene rings is 1. The average molecular weight is 344 g/mol. The molecule has 0 aliphatic heterocycles. The van der Waals surface area contributed by atoms with Gasteiger partial charge in [-0.15, -0.1) is 0 Å². The Morgan fingerprint density at radius 1 is 1.19 bits per heavy atom. The van der Waals surface area contributed by atoms with E-state index in [0.717, 1.165) is 10.0 Å². The number of ketones is 1. The number of rotatable bonds is 2. The normalized spacial score (nSPS) is 10.4. The van der Waals surface area contributed by atoms with Gasteiger partial charge in [0.05, 0.1) is 0 Å². The molecular formula is C12H8Br2O2. The minimum absolute atomic E-state index is 0.107. The molecule has 0 fully saturated rings. The molecule has 2 aromatic rings. The molecule has 1 aromatic carbocycles. The monoisotopic (exact) mass is 342 g/mol. The Morgan fingerprint density at radius 2 is 1.94 bits per heavy atom. The Labute approximate surface area is 110 Å². The molecule has 4 heteroatoms. The van der Waals surface area contributed by atoms with Crippen LogP contribution in [-0.2, 0) is 0 Å². The molecule has 0 N–H and O–H groups in total. The van der Waals surface area contributed by atoms with Crippen LogP contribution in [0.2, 0.25) is 0 Å². The summed E-state index contributed by atoms with van der Waals surface area (Å²) >= 11 is 6.53. The summed E-state index contributed by atoms with van der Waals surface area (Å²) in [7, 11) is 0. The van der Waals surface area contributed by atoms with Crippen LogP contribution in [0.15, 0.2) is 43.9 Å². The number of hydrogen-bond donors (Lipinski definition) is 0. The minimum atomic E-state index is -0.107. The summed E-state index contributed by atoms with van der Waals surface area (Å²) in [5, 5.41) is 0. The van der Waals surface area contributed by atoms with Crippen LogP contribution < -0.4 is 0 Å². The summed E-state index contributed by atoms with van der Waals surface area (Å²) < 4.78 is 6.69. The van der Waals surface area contributed by atoms with E-state index in [1.807, 2.05) is 19.1 Å². The van der Waals surface area contributed by atoms with Gasteiger partial charge in [-0.05, 0) is 52.7 Å². The van der Waals surface area contributed by atoms with Crippen molar-refractivity contribution >= 4 is 37.6 Å². The van der Waals surface area contributed by atoms with Crippen molar-refractivity contribution in [1.29, 1.82) is 0 Å². The zero-order valence-electron chi connectivity index (χ0n) is 8.46. The summed E-state index contributed by atoms with van der Waals surface area (Å²) in [6.07, 6.45) is 0. The van der Waals surface area contributed by atoms with Crippen LogP contribution in [0.25, 0.3) is 0 Å². The first kappa shape index (κ1) is 11.6. The van der Waals surface area contributed by atoms with Crippen molar-refractivity contribution < 1.29 is 9.21 Å². The quantitative estimate of drug-likeness (QED) is 0.759. The fourth-order valence-corrected chi connectivity index (χ4v) is 2.08. The van der Waals surface area contributed by atoms with Crippen LogP contribution in [0.5, 0.6) is 0 Å². The molecule has 0 radical (unpaired) electrons. The van der Waals surface area contributed by atoms with Gasteiger partial charge in [-0.3, -0.25) is 4.79 Å². The van der Waals surface area contributed by atoms with Crippen LogP contribution in [0, 0.1) is 6.92 Å². The molecule has 1 aromatic heterocycles. The van der Waals surface area contributed by atoms with Crippen LogP contribution in [0.4, 0.5) is 0 Å². The van der Waals surface area contributed by atoms with Crippen LogP contribution >= 0.6 is 31.9 Å². The standard InChI is InChI=1S/C12H8Br2O2/c1-7-2-3-8(13)6-9(7)12(15)10-4-5-11(14)16-10/h2-6H,1H3. The predicted molar refractivity (Wildman–Crippen MR) is 68.7 cm³/mol. The number of carbonyl (C=O) groups excluding carboxylic acids is 1. The molecule has 0 aliphatic rings. The summed E-state index contributed by atoms with van der Waals surface area (Å²) in [6, 6.07) is 8.97. The van der Waals surface area contributed by atoms with E-state index in [4.69, 9.17) is 4.42 Å². The Balaban J connectivity index is 2.45.